The number of nitrogens with one attached hydrogen (secondary N) is 1. The molecular weight excluding hydrogens is 955 g/mol. The molecule has 1 atom stereocenters. The van der Waals surface area contributed by atoms with Crippen LogP contribution in [0, 0.1) is 38.1 Å². The molecule has 65 heavy (non-hydrogen) atoms. The predicted octanol–water partition coefficient (Wildman–Crippen LogP) is 7.73. The number of amides is 1. The summed E-state index contributed by atoms with van der Waals surface area (Å²) in [6, 6.07) is 16.5. The number of fused-ring (bicyclic) bond motifs is 2. The Kier molecular flexibility index (Phi) is 15.8. The molecule has 4 aromatic heterocycles. The average molecular weight is 1010 g/mol. The molecule has 1 amide bonds. The zero-order chi connectivity index (χ0) is 46.3. The van der Waals surface area contributed by atoms with E-state index >= 15 is 0 Å². The molecule has 0 radical (unpaired) electrons. The molecule has 4 fully saturated rings. The number of nitrogens with zero attached hydrogens (tertiary/aromatic N) is 11. The van der Waals surface area contributed by atoms with Crippen molar-refractivity contribution in [2.45, 2.75) is 53.2 Å². The summed E-state index contributed by atoms with van der Waals surface area (Å²) in [5.74, 6) is 1.62. The molecule has 4 aliphatic rings. The molecule has 0 aliphatic carbocycles. The summed E-state index contributed by atoms with van der Waals surface area (Å²) in [6.45, 7) is 24.8. The fourth-order valence-electron chi connectivity index (χ4n) is 8.50. The number of anilines is 4. The molecule has 1 N–H and O–H groups in total. The van der Waals surface area contributed by atoms with E-state index in [-0.39, 0.29) is 6.09 Å². The highest BCUT2D eigenvalue weighted by Crippen LogP contribution is 2.32. The van der Waals surface area contributed by atoms with Gasteiger partial charge in [-0.15, -0.1) is 0 Å². The molecule has 17 heteroatoms. The maximum Gasteiger partial charge on any atom is 0.410 e. The number of aryl methyl sites for hydroxylation is 3. The van der Waals surface area contributed by atoms with Crippen molar-refractivity contribution in [3.63, 3.8) is 0 Å². The summed E-state index contributed by atoms with van der Waals surface area (Å²) >= 11 is 6.66. The molecule has 1 aromatic carbocycles. The minimum atomic E-state index is -0.446. The lowest BCUT2D eigenvalue weighted by molar-refractivity contribution is 0.0240. The van der Waals surface area contributed by atoms with Gasteiger partial charge in [0.25, 0.3) is 0 Å². The van der Waals surface area contributed by atoms with Crippen molar-refractivity contribution in [1.82, 2.24) is 35.1 Å². The first kappa shape index (κ1) is 47.8. The van der Waals surface area contributed by atoms with Gasteiger partial charge in [-0.25, -0.2) is 19.7 Å². The molecule has 0 spiro atoms. The number of hydrogen-bond donors (Lipinski definition) is 1. The van der Waals surface area contributed by atoms with Gasteiger partial charge in [0, 0.05) is 136 Å². The van der Waals surface area contributed by atoms with E-state index in [2.05, 4.69) is 120 Å². The Morgan fingerprint density at radius 3 is 1.92 bits per heavy atom. The molecule has 4 saturated heterocycles. The van der Waals surface area contributed by atoms with Gasteiger partial charge in [0.15, 0.2) is 0 Å². The van der Waals surface area contributed by atoms with Crippen molar-refractivity contribution in [1.29, 1.82) is 5.26 Å². The fourth-order valence-corrected chi connectivity index (χ4v) is 8.93. The first-order valence-electron chi connectivity index (χ1n) is 22.2. The van der Waals surface area contributed by atoms with Crippen molar-refractivity contribution in [3.8, 4) is 6.07 Å². The third-order valence-corrected chi connectivity index (χ3v) is 13.7. The predicted molar refractivity (Wildman–Crippen MR) is 264 cm³/mol. The number of carbonyl (C=O) groups is 1. The van der Waals surface area contributed by atoms with E-state index in [1.165, 1.54) is 29.2 Å². The lowest BCUT2D eigenvalue weighted by atomic mass is 10.0. The van der Waals surface area contributed by atoms with Crippen molar-refractivity contribution in [3.05, 3.63) is 104 Å². The molecule has 14 nitrogen and oxygen atoms in total. The summed E-state index contributed by atoms with van der Waals surface area (Å²) in [5, 5.41) is 14.0. The van der Waals surface area contributed by atoms with E-state index in [1.54, 1.807) is 11.1 Å². The quantitative estimate of drug-likeness (QED) is 0.176. The molecule has 1 unspecified atom stereocenters. The van der Waals surface area contributed by atoms with Crippen LogP contribution in [0.15, 0.2) is 76.2 Å². The smallest absolute Gasteiger partial charge is 0.410 e. The molecule has 0 saturated carbocycles. The number of rotatable bonds is 4. The first-order chi connectivity index (χ1) is 31.2. The van der Waals surface area contributed by atoms with E-state index in [0.29, 0.717) is 24.7 Å². The molecule has 5 aromatic rings. The third-order valence-electron chi connectivity index (χ3n) is 12.1. The highest BCUT2D eigenvalue weighted by molar-refractivity contribution is 9.10. The summed E-state index contributed by atoms with van der Waals surface area (Å²) in [5.41, 5.74) is 6.76. The molecular formula is C48H59Br2FN12O2. The minimum Gasteiger partial charge on any atom is -0.444 e. The highest BCUT2D eigenvalue weighted by atomic mass is 79.9. The van der Waals surface area contributed by atoms with E-state index in [4.69, 9.17) is 9.72 Å². The van der Waals surface area contributed by atoms with Crippen LogP contribution >= 0.6 is 31.9 Å². The Morgan fingerprint density at radius 2 is 1.32 bits per heavy atom. The van der Waals surface area contributed by atoms with Crippen LogP contribution in [0.25, 0.3) is 10.9 Å². The Hall–Kier alpha value is -5.15. The van der Waals surface area contributed by atoms with E-state index < -0.39 is 11.5 Å². The zero-order valence-corrected chi connectivity index (χ0v) is 41.4. The number of halogens is 3. The van der Waals surface area contributed by atoms with Crippen LogP contribution in [0.5, 0.6) is 0 Å². The standard InChI is InChI=1S/C27H32N8.C15H22BrN3O2.C6H5BrFN/c1-20-15-26(33-9-7-29-8-10-33)31-17-25(20)35-14-12-32-11-13-34(18-22(32)19-35)24-5-4-21(16-28)27-23(24)3-2-6-30-27;1-11-9-13(17-10-12(11)16)18-5-7-19(8-6-18)14(20)21-15(2,3)4;1-4-2-6(8)9-3-5(4)7/h2-6,15,17,22,29H,7-14,18-19H2,1H3;9-10H,5-8H2,1-4H3;2-3H,1H3. The van der Waals surface area contributed by atoms with Gasteiger partial charge in [0.05, 0.1) is 23.0 Å². The van der Waals surface area contributed by atoms with Crippen LogP contribution in [0.2, 0.25) is 0 Å². The SMILES string of the molecule is Cc1cc(F)ncc1Br.Cc1cc(N2CCN(C(=O)OC(C)(C)C)CC2)ncc1Br.Cc1cc(N2CCNCC2)ncc1N1CCN2CCN(c3ccc(C#N)c4ncccc34)CC2C1. The monoisotopic (exact) mass is 1010 g/mol. The number of ether oxygens (including phenoxy) is 1. The van der Waals surface area contributed by atoms with Gasteiger partial charge in [0.2, 0.25) is 5.95 Å². The van der Waals surface area contributed by atoms with E-state index in [1.807, 2.05) is 52.9 Å². The number of nitriles is 1. The molecule has 8 heterocycles. The van der Waals surface area contributed by atoms with Gasteiger partial charge in [-0.2, -0.15) is 9.65 Å². The molecule has 0 bridgehead atoms. The van der Waals surface area contributed by atoms with E-state index in [9.17, 15) is 14.4 Å². The van der Waals surface area contributed by atoms with Gasteiger partial charge in [-0.1, -0.05) is 0 Å². The highest BCUT2D eigenvalue weighted by Gasteiger charge is 2.34. The van der Waals surface area contributed by atoms with Crippen LogP contribution in [-0.4, -0.2) is 139 Å². The third kappa shape index (κ3) is 12.2. The second kappa shape index (κ2) is 21.4. The number of piperazine rings is 4. The van der Waals surface area contributed by atoms with Crippen molar-refractivity contribution < 1.29 is 13.9 Å². The lowest BCUT2D eigenvalue weighted by Crippen LogP contribution is -2.62. The minimum absolute atomic E-state index is 0.234. The van der Waals surface area contributed by atoms with Crippen LogP contribution in [0.1, 0.15) is 43.0 Å². The van der Waals surface area contributed by atoms with Gasteiger partial charge in [-0.05, 0) is 133 Å². The van der Waals surface area contributed by atoms with Crippen molar-refractivity contribution >= 4 is 71.9 Å². The zero-order valence-electron chi connectivity index (χ0n) is 38.2. The fraction of sp³-hybridized carbons (Fsp3) is 0.458. The summed E-state index contributed by atoms with van der Waals surface area (Å²) in [4.78, 5) is 43.2. The maximum atomic E-state index is 12.2. The van der Waals surface area contributed by atoms with Crippen molar-refractivity contribution in [2.24, 2.45) is 0 Å². The Balaban J connectivity index is 0.000000177. The summed E-state index contributed by atoms with van der Waals surface area (Å²) < 4.78 is 19.5. The largest absolute Gasteiger partial charge is 0.444 e. The van der Waals surface area contributed by atoms with Crippen molar-refractivity contribution in [2.75, 3.05) is 111 Å². The maximum absolute atomic E-state index is 12.2. The van der Waals surface area contributed by atoms with Crippen LogP contribution in [0.3, 0.4) is 0 Å². The number of pyridine rings is 4. The Labute approximate surface area is 399 Å². The topological polar surface area (TPSA) is 133 Å². The molecule has 4 aliphatic heterocycles. The number of benzene rings is 1. The van der Waals surface area contributed by atoms with Gasteiger partial charge < -0.3 is 34.6 Å². The Morgan fingerprint density at radius 1 is 0.738 bits per heavy atom. The van der Waals surface area contributed by atoms with Crippen LogP contribution < -0.4 is 24.9 Å². The van der Waals surface area contributed by atoms with E-state index in [0.717, 1.165) is 121 Å². The Bertz CT molecular complexity index is 2490. The molecule has 9 rings (SSSR count). The number of hydrogen-bond acceptors (Lipinski definition) is 13. The second-order valence-corrected chi connectivity index (χ2v) is 19.5. The number of aromatic nitrogens is 4. The van der Waals surface area contributed by atoms with Gasteiger partial charge in [0.1, 0.15) is 23.3 Å². The lowest BCUT2D eigenvalue weighted by Gasteiger charge is -2.48. The van der Waals surface area contributed by atoms with Gasteiger partial charge >= 0.3 is 6.09 Å². The summed E-state index contributed by atoms with van der Waals surface area (Å²) in [6.07, 6.45) is 6.90. The first-order valence-corrected chi connectivity index (χ1v) is 23.8. The van der Waals surface area contributed by atoms with Gasteiger partial charge in [-0.3, -0.25) is 9.88 Å². The number of carbonyl (C=O) groups excluding carboxylic acids is 1. The van der Waals surface area contributed by atoms with Crippen LogP contribution in [0.4, 0.5) is 32.2 Å². The second-order valence-electron chi connectivity index (χ2n) is 17.8. The van der Waals surface area contributed by atoms with Crippen LogP contribution in [-0.2, 0) is 4.74 Å². The normalized spacial score (nSPS) is 17.9. The molecule has 344 valence electrons. The average Bonchev–Trinajstić information content (AvgIpc) is 3.30. The summed E-state index contributed by atoms with van der Waals surface area (Å²) in [7, 11) is 0.